The van der Waals surface area contributed by atoms with Gasteiger partial charge in [-0.25, -0.2) is 0 Å². The van der Waals surface area contributed by atoms with Crippen LogP contribution in [0.1, 0.15) is 44.2 Å². The van der Waals surface area contributed by atoms with Crippen LogP contribution in [-0.2, 0) is 0 Å². The van der Waals surface area contributed by atoms with Crippen molar-refractivity contribution in [3.63, 3.8) is 0 Å². The Morgan fingerprint density at radius 3 is 2.45 bits per heavy atom. The molecule has 0 aliphatic carbocycles. The van der Waals surface area contributed by atoms with Crippen molar-refractivity contribution in [3.8, 4) is 11.3 Å². The molecule has 0 amide bonds. The molecule has 0 spiro atoms. The highest BCUT2D eigenvalue weighted by Crippen LogP contribution is 2.42. The highest BCUT2D eigenvalue weighted by molar-refractivity contribution is 5.93. The zero-order chi connectivity index (χ0) is 15.1. The second-order valence-corrected chi connectivity index (χ2v) is 6.24. The fourth-order valence-corrected chi connectivity index (χ4v) is 4.20. The first kappa shape index (κ1) is 13.5. The van der Waals surface area contributed by atoms with E-state index in [1.165, 1.54) is 40.4 Å². The first-order chi connectivity index (χ1) is 10.8. The minimum absolute atomic E-state index is 0.555. The summed E-state index contributed by atoms with van der Waals surface area (Å²) < 4.78 is 2.53. The smallest absolute Gasteiger partial charge is 0.194 e. The summed E-state index contributed by atoms with van der Waals surface area (Å²) in [5.74, 6) is 0.611. The Labute approximate surface area is 132 Å². The monoisotopic (exact) mass is 288 g/mol. The second-order valence-electron chi connectivity index (χ2n) is 6.24. The molecule has 2 atom stereocenters. The van der Waals surface area contributed by atoms with Crippen LogP contribution in [0.4, 0.5) is 0 Å². The lowest BCUT2D eigenvalue weighted by atomic mass is 9.79. The predicted molar refractivity (Wildman–Crippen MR) is 91.9 cm³/mol. The fraction of sp³-hybridized carbons (Fsp3) is 0.286. The molecule has 0 saturated heterocycles. The van der Waals surface area contributed by atoms with E-state index in [0.717, 1.165) is 0 Å². The maximum absolute atomic E-state index is 2.53. The standard InChI is InChI=1S/C21H22N/c1-3-16-18-11-7-8-12-19(18)21-17-10-6-5-9-15(17)13-14-22(21)20(16)4-2/h5-14,16,20H,3-4H2,1-2H3/q+1. The van der Waals surface area contributed by atoms with E-state index in [1.807, 2.05) is 0 Å². The molecular formula is C21H22N+. The number of hydrogen-bond donors (Lipinski definition) is 0. The molecule has 0 radical (unpaired) electrons. The van der Waals surface area contributed by atoms with Crippen LogP contribution in [0.3, 0.4) is 0 Å². The third kappa shape index (κ3) is 1.81. The lowest BCUT2D eigenvalue weighted by molar-refractivity contribution is -0.717. The van der Waals surface area contributed by atoms with E-state index >= 15 is 0 Å². The van der Waals surface area contributed by atoms with Crippen molar-refractivity contribution in [2.75, 3.05) is 0 Å². The highest BCUT2D eigenvalue weighted by Gasteiger charge is 2.38. The molecule has 2 heterocycles. The van der Waals surface area contributed by atoms with Gasteiger partial charge in [0.05, 0.1) is 10.9 Å². The van der Waals surface area contributed by atoms with E-state index in [-0.39, 0.29) is 0 Å². The molecule has 2 unspecified atom stereocenters. The van der Waals surface area contributed by atoms with E-state index in [4.69, 9.17) is 0 Å². The number of aromatic nitrogens is 1. The topological polar surface area (TPSA) is 3.88 Å². The van der Waals surface area contributed by atoms with Crippen molar-refractivity contribution >= 4 is 10.8 Å². The van der Waals surface area contributed by atoms with E-state index in [2.05, 4.69) is 79.2 Å². The first-order valence-electron chi connectivity index (χ1n) is 8.37. The van der Waals surface area contributed by atoms with Crippen molar-refractivity contribution in [1.82, 2.24) is 0 Å². The van der Waals surface area contributed by atoms with Crippen LogP contribution in [0.15, 0.2) is 60.8 Å². The number of benzene rings is 2. The highest BCUT2D eigenvalue weighted by atomic mass is 15.0. The molecule has 2 aromatic carbocycles. The van der Waals surface area contributed by atoms with Crippen molar-refractivity contribution in [3.05, 3.63) is 66.4 Å². The predicted octanol–water partition coefficient (Wildman–Crippen LogP) is 5.25. The molecule has 1 aliphatic heterocycles. The SMILES string of the molecule is CCC1c2ccccc2-c2c3ccccc3cc[n+]2C1CC. The van der Waals surface area contributed by atoms with Crippen molar-refractivity contribution in [2.24, 2.45) is 0 Å². The third-order valence-electron chi connectivity index (χ3n) is 5.18. The first-order valence-corrected chi connectivity index (χ1v) is 8.37. The van der Waals surface area contributed by atoms with Gasteiger partial charge in [-0.1, -0.05) is 50.2 Å². The molecule has 22 heavy (non-hydrogen) atoms. The van der Waals surface area contributed by atoms with E-state index in [1.54, 1.807) is 0 Å². The summed E-state index contributed by atoms with van der Waals surface area (Å²) in [6.45, 7) is 4.63. The molecular weight excluding hydrogens is 266 g/mol. The molecule has 0 saturated carbocycles. The average Bonchev–Trinajstić information content (AvgIpc) is 2.59. The van der Waals surface area contributed by atoms with Crippen LogP contribution in [-0.4, -0.2) is 0 Å². The molecule has 0 N–H and O–H groups in total. The van der Waals surface area contributed by atoms with Crippen molar-refractivity contribution in [1.29, 1.82) is 0 Å². The van der Waals surface area contributed by atoms with Crippen LogP contribution in [0.25, 0.3) is 22.0 Å². The molecule has 0 fully saturated rings. The zero-order valence-electron chi connectivity index (χ0n) is 13.3. The quantitative estimate of drug-likeness (QED) is 0.567. The van der Waals surface area contributed by atoms with Gasteiger partial charge in [-0.3, -0.25) is 0 Å². The second kappa shape index (κ2) is 5.24. The lowest BCUT2D eigenvalue weighted by Gasteiger charge is -2.30. The molecule has 110 valence electrons. The minimum atomic E-state index is 0.555. The summed E-state index contributed by atoms with van der Waals surface area (Å²) in [6, 6.07) is 20.6. The van der Waals surface area contributed by atoms with Gasteiger partial charge in [-0.15, -0.1) is 0 Å². The van der Waals surface area contributed by atoms with Crippen molar-refractivity contribution < 1.29 is 4.57 Å². The molecule has 1 aromatic heterocycles. The van der Waals surface area contributed by atoms with Crippen molar-refractivity contribution in [2.45, 2.75) is 38.6 Å². The Kier molecular flexibility index (Phi) is 3.22. The van der Waals surface area contributed by atoms with Crippen LogP contribution in [0.2, 0.25) is 0 Å². The Morgan fingerprint density at radius 1 is 0.864 bits per heavy atom. The zero-order valence-corrected chi connectivity index (χ0v) is 13.3. The molecule has 1 heteroatoms. The van der Waals surface area contributed by atoms with Crippen LogP contribution in [0, 0.1) is 0 Å². The number of nitrogens with zero attached hydrogens (tertiary/aromatic N) is 1. The van der Waals surface area contributed by atoms with Gasteiger partial charge >= 0.3 is 0 Å². The van der Waals surface area contributed by atoms with Gasteiger partial charge in [0.2, 0.25) is 5.69 Å². The summed E-state index contributed by atoms with van der Waals surface area (Å²) in [4.78, 5) is 0. The molecule has 1 aliphatic rings. The van der Waals surface area contributed by atoms with Gasteiger partial charge < -0.3 is 0 Å². The van der Waals surface area contributed by atoms with Gasteiger partial charge in [0.1, 0.15) is 0 Å². The Balaban J connectivity index is 2.11. The number of pyridine rings is 1. The minimum Gasteiger partial charge on any atom is -0.194 e. The summed E-state index contributed by atoms with van der Waals surface area (Å²) in [5, 5.41) is 2.69. The summed E-state index contributed by atoms with van der Waals surface area (Å²) in [7, 11) is 0. The van der Waals surface area contributed by atoms with Gasteiger partial charge in [0.25, 0.3) is 0 Å². The van der Waals surface area contributed by atoms with Crippen LogP contribution < -0.4 is 4.57 Å². The van der Waals surface area contributed by atoms with E-state index in [0.29, 0.717) is 12.0 Å². The Hall–Kier alpha value is -2.15. The maximum Gasteiger partial charge on any atom is 0.220 e. The van der Waals surface area contributed by atoms with Crippen LogP contribution in [0.5, 0.6) is 0 Å². The third-order valence-corrected chi connectivity index (χ3v) is 5.18. The Bertz CT molecular complexity index is 834. The largest absolute Gasteiger partial charge is 0.220 e. The number of rotatable bonds is 2. The molecule has 1 nitrogen and oxygen atoms in total. The summed E-state index contributed by atoms with van der Waals surface area (Å²) in [6.07, 6.45) is 4.65. The normalized spacial score (nSPS) is 19.7. The van der Waals surface area contributed by atoms with Gasteiger partial charge in [0.15, 0.2) is 12.2 Å². The van der Waals surface area contributed by atoms with E-state index in [9.17, 15) is 0 Å². The molecule has 0 bridgehead atoms. The fourth-order valence-electron chi connectivity index (χ4n) is 4.20. The number of hydrogen-bond acceptors (Lipinski definition) is 0. The van der Waals surface area contributed by atoms with Gasteiger partial charge in [0, 0.05) is 18.4 Å². The van der Waals surface area contributed by atoms with Gasteiger partial charge in [-0.2, -0.15) is 4.57 Å². The van der Waals surface area contributed by atoms with Crippen LogP contribution >= 0.6 is 0 Å². The molecule has 4 rings (SSSR count). The van der Waals surface area contributed by atoms with Gasteiger partial charge in [-0.05, 0) is 29.5 Å². The number of fused-ring (bicyclic) bond motifs is 5. The Morgan fingerprint density at radius 2 is 1.64 bits per heavy atom. The maximum atomic E-state index is 2.53. The summed E-state index contributed by atoms with van der Waals surface area (Å²) in [5.41, 5.74) is 4.33. The average molecular weight is 288 g/mol. The molecule has 3 aromatic rings. The summed E-state index contributed by atoms with van der Waals surface area (Å²) >= 11 is 0. The lowest BCUT2D eigenvalue weighted by Crippen LogP contribution is -2.47. The van der Waals surface area contributed by atoms with E-state index < -0.39 is 0 Å².